The number of nitrogens with zero attached hydrogens (tertiary/aromatic N) is 2. The van der Waals surface area contributed by atoms with Crippen LogP contribution in [0.1, 0.15) is 30.9 Å². The molecule has 1 aliphatic heterocycles. The Balaban J connectivity index is 1.65. The van der Waals surface area contributed by atoms with Crippen molar-refractivity contribution in [2.45, 2.75) is 39.2 Å². The van der Waals surface area contributed by atoms with Crippen molar-refractivity contribution in [2.24, 2.45) is 0 Å². The number of benzene rings is 2. The zero-order valence-corrected chi connectivity index (χ0v) is 17.7. The van der Waals surface area contributed by atoms with Crippen molar-refractivity contribution < 1.29 is 14.3 Å². The van der Waals surface area contributed by atoms with Gasteiger partial charge in [0.15, 0.2) is 5.13 Å². The lowest BCUT2D eigenvalue weighted by Gasteiger charge is -2.23. The summed E-state index contributed by atoms with van der Waals surface area (Å²) in [7, 11) is 0. The molecule has 1 atom stereocenters. The number of hydrogen-bond donors (Lipinski definition) is 0. The summed E-state index contributed by atoms with van der Waals surface area (Å²) < 4.78 is 12.6. The average molecular weight is 411 g/mol. The molecule has 3 aromatic rings. The topological polar surface area (TPSA) is 51.7 Å². The third-order valence-electron chi connectivity index (χ3n) is 5.05. The molecule has 2 aromatic carbocycles. The maximum atomic E-state index is 13.3. The Morgan fingerprint density at radius 2 is 2.17 bits per heavy atom. The van der Waals surface area contributed by atoms with E-state index in [4.69, 9.17) is 14.5 Å². The van der Waals surface area contributed by atoms with Crippen LogP contribution >= 0.6 is 11.3 Å². The third-order valence-corrected chi connectivity index (χ3v) is 6.09. The van der Waals surface area contributed by atoms with Gasteiger partial charge in [0.1, 0.15) is 11.3 Å². The molecule has 0 spiro atoms. The molecule has 5 nitrogen and oxygen atoms in total. The Labute approximate surface area is 175 Å². The molecule has 0 saturated carbocycles. The number of carbonyl (C=O) groups is 1. The molecular weight excluding hydrogens is 384 g/mol. The Morgan fingerprint density at radius 3 is 2.93 bits per heavy atom. The smallest absolute Gasteiger partial charge is 0.233 e. The molecule has 29 heavy (non-hydrogen) atoms. The summed E-state index contributed by atoms with van der Waals surface area (Å²) in [6, 6.07) is 14.0. The molecule has 0 aliphatic carbocycles. The van der Waals surface area contributed by atoms with Gasteiger partial charge in [-0.2, -0.15) is 0 Å². The van der Waals surface area contributed by atoms with Crippen molar-refractivity contribution in [3.8, 4) is 5.75 Å². The van der Waals surface area contributed by atoms with Crippen molar-refractivity contribution in [3.63, 3.8) is 0 Å². The minimum atomic E-state index is 0.0446. The fourth-order valence-corrected chi connectivity index (χ4v) is 4.68. The number of ether oxygens (including phenoxy) is 2. The summed E-state index contributed by atoms with van der Waals surface area (Å²) in [4.78, 5) is 19.9. The molecule has 0 bridgehead atoms. The van der Waals surface area contributed by atoms with Crippen molar-refractivity contribution >= 4 is 32.6 Å². The predicted molar refractivity (Wildman–Crippen MR) is 117 cm³/mol. The van der Waals surface area contributed by atoms with Gasteiger partial charge in [-0.05, 0) is 44.4 Å². The first-order chi connectivity index (χ1) is 14.1. The van der Waals surface area contributed by atoms with Gasteiger partial charge in [-0.3, -0.25) is 9.69 Å². The van der Waals surface area contributed by atoms with Gasteiger partial charge in [0.05, 0.1) is 30.4 Å². The van der Waals surface area contributed by atoms with E-state index < -0.39 is 0 Å². The minimum absolute atomic E-state index is 0.0446. The van der Waals surface area contributed by atoms with E-state index in [2.05, 4.69) is 6.07 Å². The second-order valence-corrected chi connectivity index (χ2v) is 8.35. The number of carbonyl (C=O) groups excluding carboxylic acids is 1. The summed E-state index contributed by atoms with van der Waals surface area (Å²) in [6.45, 7) is 5.88. The van der Waals surface area contributed by atoms with Crippen LogP contribution in [-0.4, -0.2) is 36.8 Å². The molecule has 1 amide bonds. The van der Waals surface area contributed by atoms with Gasteiger partial charge in [-0.15, -0.1) is 0 Å². The molecule has 0 radical (unpaired) electrons. The minimum Gasteiger partial charge on any atom is -0.492 e. The zero-order valence-electron chi connectivity index (χ0n) is 16.9. The van der Waals surface area contributed by atoms with Crippen LogP contribution in [-0.2, 0) is 16.0 Å². The van der Waals surface area contributed by atoms with Gasteiger partial charge in [0.25, 0.3) is 0 Å². The quantitative estimate of drug-likeness (QED) is 0.564. The number of rotatable bonds is 7. The molecule has 4 rings (SSSR count). The van der Waals surface area contributed by atoms with Gasteiger partial charge in [-0.1, -0.05) is 47.2 Å². The number of aryl methyl sites for hydroxylation is 1. The second-order valence-electron chi connectivity index (χ2n) is 7.34. The van der Waals surface area contributed by atoms with E-state index >= 15 is 0 Å². The van der Waals surface area contributed by atoms with Crippen LogP contribution < -0.4 is 9.64 Å². The lowest BCUT2D eigenvalue weighted by atomic mass is 10.1. The Bertz CT molecular complexity index is 995. The second kappa shape index (κ2) is 8.93. The third kappa shape index (κ3) is 4.60. The number of thiazole rings is 1. The highest BCUT2D eigenvalue weighted by molar-refractivity contribution is 7.22. The maximum absolute atomic E-state index is 13.3. The Kier molecular flexibility index (Phi) is 6.11. The highest BCUT2D eigenvalue weighted by atomic mass is 32.1. The van der Waals surface area contributed by atoms with Crippen LogP contribution in [0.4, 0.5) is 5.13 Å². The SMILES string of the molecule is CCOc1cccc2sc(N(CC3CCCO3)C(=O)Cc3cccc(C)c3)nc12. The molecule has 1 saturated heterocycles. The van der Waals surface area contributed by atoms with E-state index in [1.165, 1.54) is 11.3 Å². The molecule has 0 N–H and O–H groups in total. The summed E-state index contributed by atoms with van der Waals surface area (Å²) in [5.74, 6) is 0.804. The molecule has 2 heterocycles. The first kappa shape index (κ1) is 19.9. The summed E-state index contributed by atoms with van der Waals surface area (Å²) >= 11 is 1.53. The van der Waals surface area contributed by atoms with Crippen molar-refractivity contribution in [1.82, 2.24) is 4.98 Å². The molecule has 1 fully saturated rings. The summed E-state index contributed by atoms with van der Waals surface area (Å²) in [6.07, 6.45) is 2.43. The molecule has 1 aliphatic rings. The fourth-order valence-electron chi connectivity index (χ4n) is 3.67. The summed E-state index contributed by atoms with van der Waals surface area (Å²) in [5.41, 5.74) is 2.99. The average Bonchev–Trinajstić information content (AvgIpc) is 3.36. The molecule has 1 aromatic heterocycles. The standard InChI is InChI=1S/C23H26N2O3S/c1-3-27-19-10-5-11-20-22(19)24-23(29-20)25(15-18-9-6-12-28-18)21(26)14-17-8-4-7-16(2)13-17/h4-5,7-8,10-11,13,18H,3,6,9,12,14-15H2,1-2H3. The number of hydrogen-bond acceptors (Lipinski definition) is 5. The Morgan fingerprint density at radius 1 is 1.31 bits per heavy atom. The number of anilines is 1. The number of amides is 1. The lowest BCUT2D eigenvalue weighted by Crippen LogP contribution is -2.38. The Hall–Kier alpha value is -2.44. The van der Waals surface area contributed by atoms with Crippen molar-refractivity contribution in [1.29, 1.82) is 0 Å². The van der Waals surface area contributed by atoms with Crippen LogP contribution in [0.5, 0.6) is 5.75 Å². The van der Waals surface area contributed by atoms with Crippen LogP contribution in [0, 0.1) is 6.92 Å². The zero-order chi connectivity index (χ0) is 20.2. The summed E-state index contributed by atoms with van der Waals surface area (Å²) in [5, 5.41) is 0.709. The normalized spacial score (nSPS) is 16.3. The van der Waals surface area contributed by atoms with E-state index in [-0.39, 0.29) is 12.0 Å². The van der Waals surface area contributed by atoms with E-state index in [1.807, 2.05) is 50.2 Å². The van der Waals surface area contributed by atoms with Gasteiger partial charge in [0.2, 0.25) is 5.91 Å². The van der Waals surface area contributed by atoms with Gasteiger partial charge < -0.3 is 9.47 Å². The first-order valence-electron chi connectivity index (χ1n) is 10.1. The first-order valence-corrected chi connectivity index (χ1v) is 11.0. The monoisotopic (exact) mass is 410 g/mol. The molecule has 6 heteroatoms. The molecule has 152 valence electrons. The number of para-hydroxylation sites is 1. The highest BCUT2D eigenvalue weighted by Crippen LogP contribution is 2.35. The largest absolute Gasteiger partial charge is 0.492 e. The van der Waals surface area contributed by atoms with Crippen molar-refractivity contribution in [2.75, 3.05) is 24.7 Å². The van der Waals surface area contributed by atoms with Gasteiger partial charge >= 0.3 is 0 Å². The molecule has 1 unspecified atom stereocenters. The van der Waals surface area contributed by atoms with E-state index in [1.54, 1.807) is 4.90 Å². The number of aromatic nitrogens is 1. The number of fused-ring (bicyclic) bond motifs is 1. The highest BCUT2D eigenvalue weighted by Gasteiger charge is 2.26. The fraction of sp³-hybridized carbons (Fsp3) is 0.391. The predicted octanol–water partition coefficient (Wildman–Crippen LogP) is 4.76. The van der Waals surface area contributed by atoms with E-state index in [0.29, 0.717) is 24.7 Å². The maximum Gasteiger partial charge on any atom is 0.233 e. The van der Waals surface area contributed by atoms with Gasteiger partial charge in [0, 0.05) is 6.61 Å². The van der Waals surface area contributed by atoms with E-state index in [9.17, 15) is 4.79 Å². The van der Waals surface area contributed by atoms with Crippen LogP contribution in [0.2, 0.25) is 0 Å². The molecular formula is C23H26N2O3S. The van der Waals surface area contributed by atoms with Gasteiger partial charge in [-0.25, -0.2) is 4.98 Å². The van der Waals surface area contributed by atoms with Crippen LogP contribution in [0.15, 0.2) is 42.5 Å². The van der Waals surface area contributed by atoms with Crippen LogP contribution in [0.25, 0.3) is 10.2 Å². The van der Waals surface area contributed by atoms with E-state index in [0.717, 1.165) is 46.5 Å². The van der Waals surface area contributed by atoms with Crippen molar-refractivity contribution in [3.05, 3.63) is 53.6 Å². The lowest BCUT2D eigenvalue weighted by molar-refractivity contribution is -0.118. The van der Waals surface area contributed by atoms with Crippen LogP contribution in [0.3, 0.4) is 0 Å².